The van der Waals surface area contributed by atoms with Crippen LogP contribution in [0, 0.1) is 5.82 Å². The van der Waals surface area contributed by atoms with E-state index in [0.29, 0.717) is 28.5 Å². The zero-order valence-corrected chi connectivity index (χ0v) is 21.4. The predicted molar refractivity (Wildman–Crippen MR) is 150 cm³/mol. The van der Waals surface area contributed by atoms with Crippen molar-refractivity contribution >= 4 is 40.1 Å². The Hall–Kier alpha value is -3.61. The van der Waals surface area contributed by atoms with E-state index in [2.05, 4.69) is 57.2 Å². The zero-order valence-electron chi connectivity index (χ0n) is 20.6. The highest BCUT2D eigenvalue weighted by atomic mass is 35.5. The molecule has 186 valence electrons. The number of likely N-dealkylation sites (N-methyl/N-ethyl adjacent to an activating group) is 1. The van der Waals surface area contributed by atoms with E-state index in [0.717, 1.165) is 42.7 Å². The van der Waals surface area contributed by atoms with Gasteiger partial charge in [0.05, 0.1) is 5.69 Å². The number of aromatic nitrogens is 2. The maximum Gasteiger partial charge on any atom is 0.160 e. The lowest BCUT2D eigenvalue weighted by Crippen LogP contribution is -2.44. The SMILES string of the molecule is CN1CCN(c2ccc(C3C=C(c4cc(-c5cc(Cl)ccc5F)nc5ncccc45)C=NC3)cc2)CC1. The molecule has 2 aromatic carbocycles. The summed E-state index contributed by atoms with van der Waals surface area (Å²) in [6, 6.07) is 19.2. The number of pyridine rings is 2. The highest BCUT2D eigenvalue weighted by Crippen LogP contribution is 2.34. The molecule has 1 atom stereocenters. The number of aliphatic imine (C=N–C) groups is 1. The first-order valence-electron chi connectivity index (χ1n) is 12.5. The smallest absolute Gasteiger partial charge is 0.160 e. The van der Waals surface area contributed by atoms with Gasteiger partial charge in [0.1, 0.15) is 5.82 Å². The molecular formula is C30H27ClFN5. The molecule has 0 spiro atoms. The number of rotatable bonds is 4. The number of allylic oxidation sites excluding steroid dienone is 1. The van der Waals surface area contributed by atoms with Gasteiger partial charge in [0.2, 0.25) is 0 Å². The quantitative estimate of drug-likeness (QED) is 0.332. The van der Waals surface area contributed by atoms with Gasteiger partial charge in [-0.3, -0.25) is 4.99 Å². The first kappa shape index (κ1) is 23.8. The second-order valence-corrected chi connectivity index (χ2v) is 10.1. The van der Waals surface area contributed by atoms with E-state index in [-0.39, 0.29) is 11.7 Å². The Labute approximate surface area is 220 Å². The van der Waals surface area contributed by atoms with Gasteiger partial charge in [-0.1, -0.05) is 29.8 Å². The number of hydrogen-bond donors (Lipinski definition) is 0. The molecule has 6 rings (SSSR count). The molecule has 37 heavy (non-hydrogen) atoms. The van der Waals surface area contributed by atoms with Gasteiger partial charge in [0, 0.05) is 72.7 Å². The van der Waals surface area contributed by atoms with Crippen molar-refractivity contribution in [2.45, 2.75) is 5.92 Å². The maximum absolute atomic E-state index is 14.7. The van der Waals surface area contributed by atoms with Crippen molar-refractivity contribution in [3.05, 3.63) is 94.9 Å². The topological polar surface area (TPSA) is 44.6 Å². The fourth-order valence-corrected chi connectivity index (χ4v) is 5.23. The first-order chi connectivity index (χ1) is 18.0. The normalized spacial score (nSPS) is 18.3. The van der Waals surface area contributed by atoms with Crippen LogP contribution in [0.15, 0.2) is 77.9 Å². The van der Waals surface area contributed by atoms with Crippen molar-refractivity contribution in [1.29, 1.82) is 0 Å². The lowest BCUT2D eigenvalue weighted by Gasteiger charge is -2.34. The fraction of sp³-hybridized carbons (Fsp3) is 0.233. The van der Waals surface area contributed by atoms with Crippen LogP contribution >= 0.6 is 11.6 Å². The molecule has 0 amide bonds. The molecule has 0 aliphatic carbocycles. The van der Waals surface area contributed by atoms with Crippen LogP contribution in [-0.2, 0) is 0 Å². The van der Waals surface area contributed by atoms with Crippen LogP contribution < -0.4 is 4.90 Å². The van der Waals surface area contributed by atoms with E-state index in [9.17, 15) is 4.39 Å². The van der Waals surface area contributed by atoms with E-state index < -0.39 is 0 Å². The van der Waals surface area contributed by atoms with E-state index in [1.807, 2.05) is 24.4 Å². The molecule has 1 fully saturated rings. The second-order valence-electron chi connectivity index (χ2n) is 9.66. The van der Waals surface area contributed by atoms with E-state index in [1.54, 1.807) is 12.3 Å². The van der Waals surface area contributed by atoms with Crippen LogP contribution in [0.4, 0.5) is 10.1 Å². The Kier molecular flexibility index (Phi) is 6.45. The van der Waals surface area contributed by atoms with Crippen LogP contribution in [0.2, 0.25) is 5.02 Å². The van der Waals surface area contributed by atoms with Crippen LogP contribution in [0.25, 0.3) is 27.9 Å². The Balaban J connectivity index is 1.36. The molecule has 2 aromatic heterocycles. The van der Waals surface area contributed by atoms with Gasteiger partial charge in [0.15, 0.2) is 5.65 Å². The van der Waals surface area contributed by atoms with E-state index in [4.69, 9.17) is 16.6 Å². The lowest BCUT2D eigenvalue weighted by atomic mass is 9.91. The number of anilines is 1. The Morgan fingerprint density at radius 1 is 0.946 bits per heavy atom. The summed E-state index contributed by atoms with van der Waals surface area (Å²) < 4.78 is 14.7. The van der Waals surface area contributed by atoms with Crippen LogP contribution in [-0.4, -0.2) is 60.9 Å². The summed E-state index contributed by atoms with van der Waals surface area (Å²) in [5.74, 6) is -0.226. The third-order valence-electron chi connectivity index (χ3n) is 7.20. The first-order valence-corrected chi connectivity index (χ1v) is 12.9. The molecule has 0 N–H and O–H groups in total. The van der Waals surface area contributed by atoms with Crippen molar-refractivity contribution < 1.29 is 4.39 Å². The van der Waals surface area contributed by atoms with E-state index >= 15 is 0 Å². The van der Waals surface area contributed by atoms with E-state index in [1.165, 1.54) is 23.4 Å². The monoisotopic (exact) mass is 511 g/mol. The predicted octanol–water partition coefficient (Wildman–Crippen LogP) is 6.09. The van der Waals surface area contributed by atoms with Gasteiger partial charge in [-0.05, 0) is 72.3 Å². The van der Waals surface area contributed by atoms with Gasteiger partial charge >= 0.3 is 0 Å². The standard InChI is InChI=1S/C30H27ClFN5/c1-36-11-13-37(14-12-36)24-7-4-20(5-8-24)21-15-22(19-33-18-21)26-17-29(27-16-23(31)6-9-28(27)32)35-30-25(26)3-2-10-34-30/h2-10,15-17,19,21H,11-14,18H2,1H3. The number of nitrogens with zero attached hydrogens (tertiary/aromatic N) is 5. The minimum absolute atomic E-state index is 0.146. The number of dihydropyridines is 1. The second kappa shape index (κ2) is 10.0. The average molecular weight is 512 g/mol. The summed E-state index contributed by atoms with van der Waals surface area (Å²) in [5, 5.41) is 1.36. The summed E-state index contributed by atoms with van der Waals surface area (Å²) in [4.78, 5) is 18.6. The van der Waals surface area contributed by atoms with Gasteiger partial charge in [0.25, 0.3) is 0 Å². The van der Waals surface area contributed by atoms with Gasteiger partial charge < -0.3 is 9.80 Å². The molecule has 0 saturated carbocycles. The van der Waals surface area contributed by atoms with Crippen molar-refractivity contribution in [1.82, 2.24) is 14.9 Å². The van der Waals surface area contributed by atoms with Gasteiger partial charge in [-0.15, -0.1) is 0 Å². The van der Waals surface area contributed by atoms with Crippen molar-refractivity contribution in [2.75, 3.05) is 44.7 Å². The number of halogens is 2. The molecule has 4 aromatic rings. The van der Waals surface area contributed by atoms with Gasteiger partial charge in [-0.2, -0.15) is 0 Å². The molecule has 1 unspecified atom stereocenters. The molecule has 1 saturated heterocycles. The summed E-state index contributed by atoms with van der Waals surface area (Å²) in [6.45, 7) is 4.95. The number of hydrogen-bond acceptors (Lipinski definition) is 5. The molecule has 4 heterocycles. The largest absolute Gasteiger partial charge is 0.369 e. The maximum atomic E-state index is 14.7. The third-order valence-corrected chi connectivity index (χ3v) is 7.44. The molecule has 0 bridgehead atoms. The van der Waals surface area contributed by atoms with Crippen molar-refractivity contribution in [3.63, 3.8) is 0 Å². The van der Waals surface area contributed by atoms with Gasteiger partial charge in [-0.25, -0.2) is 14.4 Å². The zero-order chi connectivity index (χ0) is 25.4. The Morgan fingerprint density at radius 2 is 1.76 bits per heavy atom. The number of benzene rings is 2. The lowest BCUT2D eigenvalue weighted by molar-refractivity contribution is 0.313. The molecule has 0 radical (unpaired) electrons. The Morgan fingerprint density at radius 3 is 2.57 bits per heavy atom. The Bertz CT molecular complexity index is 1510. The van der Waals surface area contributed by atoms with Crippen molar-refractivity contribution in [3.8, 4) is 11.3 Å². The number of piperazine rings is 1. The molecule has 2 aliphatic heterocycles. The third kappa shape index (κ3) is 4.87. The highest BCUT2D eigenvalue weighted by Gasteiger charge is 2.19. The molecular weight excluding hydrogens is 485 g/mol. The highest BCUT2D eigenvalue weighted by molar-refractivity contribution is 6.30. The minimum Gasteiger partial charge on any atom is -0.369 e. The van der Waals surface area contributed by atoms with Crippen LogP contribution in [0.5, 0.6) is 0 Å². The van der Waals surface area contributed by atoms with Crippen LogP contribution in [0.1, 0.15) is 17.0 Å². The number of fused-ring (bicyclic) bond motifs is 1. The molecule has 5 nitrogen and oxygen atoms in total. The minimum atomic E-state index is -0.372. The van der Waals surface area contributed by atoms with Crippen molar-refractivity contribution in [2.24, 2.45) is 4.99 Å². The fourth-order valence-electron chi connectivity index (χ4n) is 5.06. The molecule has 7 heteroatoms. The summed E-state index contributed by atoms with van der Waals surface area (Å²) in [6.07, 6.45) is 5.85. The summed E-state index contributed by atoms with van der Waals surface area (Å²) in [5.41, 5.74) is 5.80. The average Bonchev–Trinajstić information content (AvgIpc) is 2.94. The summed E-state index contributed by atoms with van der Waals surface area (Å²) in [7, 11) is 2.17. The van der Waals surface area contributed by atoms with Crippen LogP contribution in [0.3, 0.4) is 0 Å². The summed E-state index contributed by atoms with van der Waals surface area (Å²) >= 11 is 6.18. The molecule has 2 aliphatic rings.